The lowest BCUT2D eigenvalue weighted by atomic mass is 9.78. The van der Waals surface area contributed by atoms with Crippen LogP contribution in [0.25, 0.3) is 11.0 Å². The van der Waals surface area contributed by atoms with Gasteiger partial charge in [0.25, 0.3) is 5.56 Å². The first-order valence-electron chi connectivity index (χ1n) is 12.7. The first-order chi connectivity index (χ1) is 17.7. The highest BCUT2D eigenvalue weighted by Gasteiger charge is 2.42. The molecule has 0 saturated carbocycles. The summed E-state index contributed by atoms with van der Waals surface area (Å²) in [7, 11) is 1.73. The summed E-state index contributed by atoms with van der Waals surface area (Å²) in [5, 5.41) is 4.91. The van der Waals surface area contributed by atoms with E-state index in [1.807, 2.05) is 4.90 Å². The maximum Gasteiger partial charge on any atom is 0.451 e. The molecule has 13 heteroatoms. The molecule has 3 saturated heterocycles. The number of alkyl halides is 3. The molecule has 6 heterocycles. The molecule has 3 aromatic rings. The van der Waals surface area contributed by atoms with Crippen LogP contribution in [0.4, 0.5) is 24.9 Å². The monoisotopic (exact) mass is 518 g/mol. The number of piperidine rings is 1. The van der Waals surface area contributed by atoms with Crippen LogP contribution in [-0.2, 0) is 18.0 Å². The Morgan fingerprint density at radius 2 is 1.84 bits per heavy atom. The molecule has 0 aliphatic carbocycles. The number of hydrogen-bond donors (Lipinski definition) is 0. The van der Waals surface area contributed by atoms with Crippen molar-refractivity contribution < 1.29 is 17.9 Å². The van der Waals surface area contributed by atoms with E-state index in [9.17, 15) is 18.0 Å². The largest absolute Gasteiger partial charge is 0.451 e. The molecular weight excluding hydrogens is 489 g/mol. The number of ether oxygens (including phenoxy) is 1. The van der Waals surface area contributed by atoms with Gasteiger partial charge in [-0.1, -0.05) is 0 Å². The quantitative estimate of drug-likeness (QED) is 0.522. The second-order valence-electron chi connectivity index (χ2n) is 10.3. The van der Waals surface area contributed by atoms with Gasteiger partial charge in [0.1, 0.15) is 11.2 Å². The van der Waals surface area contributed by atoms with Crippen LogP contribution < -0.4 is 15.4 Å². The van der Waals surface area contributed by atoms with Gasteiger partial charge in [-0.05, 0) is 50.0 Å². The third-order valence-electron chi connectivity index (χ3n) is 8.00. The molecular formula is C24H29F3N8O2. The maximum atomic E-state index is 13.1. The SMILES string of the molecule is Cn1c(N2CCC3(CCN(c4ccnc(C(F)(F)F)n4)C3)CC2)nc2c(cnn2C2CCCCO2)c1=O. The molecule has 0 aromatic carbocycles. The van der Waals surface area contributed by atoms with Crippen molar-refractivity contribution in [2.45, 2.75) is 50.9 Å². The minimum Gasteiger partial charge on any atom is -0.356 e. The second-order valence-corrected chi connectivity index (χ2v) is 10.3. The van der Waals surface area contributed by atoms with Crippen molar-refractivity contribution in [1.82, 2.24) is 29.3 Å². The maximum absolute atomic E-state index is 13.1. The first-order valence-corrected chi connectivity index (χ1v) is 12.7. The van der Waals surface area contributed by atoms with Crippen molar-refractivity contribution in [3.8, 4) is 0 Å². The van der Waals surface area contributed by atoms with Gasteiger partial charge >= 0.3 is 6.18 Å². The fraction of sp³-hybridized carbons (Fsp3) is 0.625. The van der Waals surface area contributed by atoms with E-state index in [4.69, 9.17) is 9.72 Å². The van der Waals surface area contributed by atoms with Crippen molar-refractivity contribution in [3.05, 3.63) is 34.6 Å². The van der Waals surface area contributed by atoms with E-state index in [-0.39, 0.29) is 17.2 Å². The Labute approximate surface area is 211 Å². The zero-order valence-corrected chi connectivity index (χ0v) is 20.6. The molecule has 3 aliphatic rings. The van der Waals surface area contributed by atoms with Crippen LogP contribution in [0.5, 0.6) is 0 Å². The highest BCUT2D eigenvalue weighted by molar-refractivity contribution is 5.75. The molecule has 1 unspecified atom stereocenters. The molecule has 6 rings (SSSR count). The molecule has 0 radical (unpaired) electrons. The van der Waals surface area contributed by atoms with E-state index in [2.05, 4.69) is 20.0 Å². The summed E-state index contributed by atoms with van der Waals surface area (Å²) < 4.78 is 48.4. The Hall–Kier alpha value is -3.22. The van der Waals surface area contributed by atoms with Gasteiger partial charge in [-0.25, -0.2) is 14.6 Å². The summed E-state index contributed by atoms with van der Waals surface area (Å²) in [5.74, 6) is -0.194. The van der Waals surface area contributed by atoms with Crippen molar-refractivity contribution in [3.63, 3.8) is 0 Å². The van der Waals surface area contributed by atoms with Crippen LogP contribution in [0.15, 0.2) is 23.3 Å². The topological polar surface area (TPSA) is 94.2 Å². The van der Waals surface area contributed by atoms with E-state index in [1.165, 1.54) is 12.3 Å². The Morgan fingerprint density at radius 1 is 1.08 bits per heavy atom. The Bertz CT molecular complexity index is 1360. The molecule has 1 spiro atoms. The fourth-order valence-electron chi connectivity index (χ4n) is 5.85. The number of halogens is 3. The average molecular weight is 519 g/mol. The van der Waals surface area contributed by atoms with Gasteiger partial charge in [-0.15, -0.1) is 0 Å². The summed E-state index contributed by atoms with van der Waals surface area (Å²) in [5.41, 5.74) is 0.390. The first kappa shape index (κ1) is 24.1. The third kappa shape index (κ3) is 4.32. The lowest BCUT2D eigenvalue weighted by Gasteiger charge is -2.40. The van der Waals surface area contributed by atoms with Gasteiger partial charge in [0.05, 0.1) is 6.20 Å². The van der Waals surface area contributed by atoms with Crippen molar-refractivity contribution in [1.29, 1.82) is 0 Å². The zero-order valence-electron chi connectivity index (χ0n) is 20.6. The molecule has 37 heavy (non-hydrogen) atoms. The van der Waals surface area contributed by atoms with E-state index in [1.54, 1.807) is 22.5 Å². The van der Waals surface area contributed by atoms with Crippen molar-refractivity contribution >= 4 is 22.8 Å². The average Bonchev–Trinajstić information content (AvgIpc) is 3.52. The second kappa shape index (κ2) is 8.96. The molecule has 0 N–H and O–H groups in total. The molecule has 1 atom stereocenters. The summed E-state index contributed by atoms with van der Waals surface area (Å²) in [4.78, 5) is 29.2. The standard InChI is InChI=1S/C24H29F3N8O2/c1-32-20(36)16-14-29-35(18-4-2-3-13-37-18)19(16)31-22(32)33-10-6-23(7-11-33)8-12-34(15-23)17-5-9-28-21(30-17)24(25,26)27/h5,9,14,18H,2-4,6-8,10-13,15H2,1H3. The normalized spacial score (nSPS) is 22.3. The third-order valence-corrected chi connectivity index (χ3v) is 8.00. The smallest absolute Gasteiger partial charge is 0.356 e. The van der Waals surface area contributed by atoms with Crippen molar-refractivity contribution in [2.75, 3.05) is 42.6 Å². The van der Waals surface area contributed by atoms with Gasteiger partial charge in [0.2, 0.25) is 11.8 Å². The molecule has 3 aromatic heterocycles. The van der Waals surface area contributed by atoms with E-state index < -0.39 is 12.0 Å². The van der Waals surface area contributed by atoms with Crippen LogP contribution in [-0.4, -0.2) is 62.1 Å². The van der Waals surface area contributed by atoms with Gasteiger partial charge < -0.3 is 14.5 Å². The highest BCUT2D eigenvalue weighted by Crippen LogP contribution is 2.42. The highest BCUT2D eigenvalue weighted by atomic mass is 19.4. The Kier molecular flexibility index (Phi) is 5.85. The van der Waals surface area contributed by atoms with E-state index in [0.29, 0.717) is 55.6 Å². The summed E-state index contributed by atoms with van der Waals surface area (Å²) in [6.45, 7) is 3.36. The zero-order chi connectivity index (χ0) is 25.8. The molecule has 3 aliphatic heterocycles. The predicted molar refractivity (Wildman–Crippen MR) is 129 cm³/mol. The lowest BCUT2D eigenvalue weighted by molar-refractivity contribution is -0.144. The van der Waals surface area contributed by atoms with E-state index >= 15 is 0 Å². The van der Waals surface area contributed by atoms with Crippen LogP contribution in [0, 0.1) is 5.41 Å². The number of nitrogens with zero attached hydrogens (tertiary/aromatic N) is 8. The minimum absolute atomic E-state index is 0.0134. The van der Waals surface area contributed by atoms with Crippen LogP contribution in [0.2, 0.25) is 0 Å². The number of anilines is 2. The fourth-order valence-corrected chi connectivity index (χ4v) is 5.85. The van der Waals surface area contributed by atoms with Gasteiger partial charge in [-0.3, -0.25) is 9.36 Å². The number of fused-ring (bicyclic) bond motifs is 1. The van der Waals surface area contributed by atoms with Gasteiger partial charge in [-0.2, -0.15) is 23.3 Å². The molecule has 0 bridgehead atoms. The predicted octanol–water partition coefficient (Wildman–Crippen LogP) is 3.13. The lowest BCUT2D eigenvalue weighted by Crippen LogP contribution is -2.44. The van der Waals surface area contributed by atoms with Crippen LogP contribution in [0.3, 0.4) is 0 Å². The summed E-state index contributed by atoms with van der Waals surface area (Å²) >= 11 is 0. The Morgan fingerprint density at radius 3 is 2.54 bits per heavy atom. The molecule has 10 nitrogen and oxygen atoms in total. The number of hydrogen-bond acceptors (Lipinski definition) is 8. The molecule has 0 amide bonds. The number of aromatic nitrogens is 6. The molecule has 198 valence electrons. The number of rotatable bonds is 3. The summed E-state index contributed by atoms with van der Waals surface area (Å²) in [6, 6.07) is 1.54. The van der Waals surface area contributed by atoms with Crippen molar-refractivity contribution in [2.24, 2.45) is 12.5 Å². The van der Waals surface area contributed by atoms with Crippen LogP contribution >= 0.6 is 0 Å². The van der Waals surface area contributed by atoms with Gasteiger partial charge in [0, 0.05) is 46.0 Å². The molecule has 3 fully saturated rings. The minimum atomic E-state index is -4.57. The Balaban J connectivity index is 1.20. The van der Waals surface area contributed by atoms with Gasteiger partial charge in [0.15, 0.2) is 11.9 Å². The summed E-state index contributed by atoms with van der Waals surface area (Å²) in [6.07, 6.45) is 3.43. The van der Waals surface area contributed by atoms with Crippen LogP contribution in [0.1, 0.15) is 50.6 Å². The van der Waals surface area contributed by atoms with E-state index in [0.717, 1.165) is 38.5 Å².